The summed E-state index contributed by atoms with van der Waals surface area (Å²) in [6.07, 6.45) is 1.04. The Hall–Kier alpha value is -2.88. The van der Waals surface area contributed by atoms with Gasteiger partial charge in [0.15, 0.2) is 0 Å². The summed E-state index contributed by atoms with van der Waals surface area (Å²) < 4.78 is 0. The molecule has 0 bridgehead atoms. The van der Waals surface area contributed by atoms with E-state index in [0.717, 1.165) is 34.9 Å². The summed E-state index contributed by atoms with van der Waals surface area (Å²) in [5.41, 5.74) is 5.43. The molecule has 0 aliphatic carbocycles. The van der Waals surface area contributed by atoms with E-state index in [9.17, 15) is 0 Å². The first kappa shape index (κ1) is 16.0. The molecular weight excluding hydrogens is 296 g/mol. The fourth-order valence-electron chi connectivity index (χ4n) is 2.49. The normalized spacial score (nSPS) is 10.5. The highest BCUT2D eigenvalue weighted by Crippen LogP contribution is 2.21. The van der Waals surface area contributed by atoms with E-state index in [1.807, 2.05) is 31.2 Å². The van der Waals surface area contributed by atoms with Crippen molar-refractivity contribution in [3.8, 4) is 0 Å². The molecule has 0 atom stereocenters. The van der Waals surface area contributed by atoms with Crippen molar-refractivity contribution in [3.63, 3.8) is 0 Å². The van der Waals surface area contributed by atoms with Gasteiger partial charge in [0, 0.05) is 23.1 Å². The molecule has 0 unspecified atom stereocenters. The van der Waals surface area contributed by atoms with Gasteiger partial charge in [-0.1, -0.05) is 37.3 Å². The Morgan fingerprint density at radius 3 is 2.33 bits per heavy atom. The Morgan fingerprint density at radius 1 is 0.875 bits per heavy atom. The first-order chi connectivity index (χ1) is 11.6. The largest absolute Gasteiger partial charge is 0.340 e. The smallest absolute Gasteiger partial charge is 0.229 e. The molecule has 1 aromatic heterocycles. The third-order valence-electron chi connectivity index (χ3n) is 3.88. The van der Waals surface area contributed by atoms with E-state index in [-0.39, 0.29) is 0 Å². The van der Waals surface area contributed by atoms with E-state index in [4.69, 9.17) is 0 Å². The number of nitrogens with zero attached hydrogens (tertiary/aromatic N) is 2. The van der Waals surface area contributed by atoms with Crippen LogP contribution in [0.5, 0.6) is 0 Å². The van der Waals surface area contributed by atoms with Gasteiger partial charge in [-0.15, -0.1) is 0 Å². The van der Waals surface area contributed by atoms with E-state index >= 15 is 0 Å². The number of para-hydroxylation sites is 1. The van der Waals surface area contributed by atoms with Gasteiger partial charge in [-0.3, -0.25) is 0 Å². The molecule has 4 heteroatoms. The Kier molecular flexibility index (Phi) is 4.75. The van der Waals surface area contributed by atoms with E-state index in [0.29, 0.717) is 5.95 Å². The van der Waals surface area contributed by atoms with Gasteiger partial charge in [-0.25, -0.2) is 4.98 Å². The second-order valence-corrected chi connectivity index (χ2v) is 5.83. The van der Waals surface area contributed by atoms with Crippen LogP contribution >= 0.6 is 0 Å². The third kappa shape index (κ3) is 3.90. The lowest BCUT2D eigenvalue weighted by Crippen LogP contribution is -2.03. The predicted molar refractivity (Wildman–Crippen MR) is 100 cm³/mol. The minimum Gasteiger partial charge on any atom is -0.340 e. The molecule has 3 rings (SSSR count). The Balaban J connectivity index is 1.81. The summed E-state index contributed by atoms with van der Waals surface area (Å²) in [4.78, 5) is 9.05. The lowest BCUT2D eigenvalue weighted by Gasteiger charge is -2.11. The van der Waals surface area contributed by atoms with Crippen molar-refractivity contribution in [3.05, 3.63) is 71.4 Å². The van der Waals surface area contributed by atoms with Crippen LogP contribution in [0.4, 0.5) is 23.1 Å². The number of aryl methyl sites for hydroxylation is 3. The number of rotatable bonds is 5. The fourth-order valence-corrected chi connectivity index (χ4v) is 2.49. The molecule has 0 aliphatic heterocycles. The molecular formula is C20H22N4. The molecule has 0 radical (unpaired) electrons. The van der Waals surface area contributed by atoms with Crippen molar-refractivity contribution in [1.29, 1.82) is 0 Å². The standard InChI is InChI=1S/C20H22N4/c1-4-16-9-11-17(12-10-16)22-19-13-15(3)21-20(24-19)23-18-8-6-5-7-14(18)2/h5-13H,4H2,1-3H3,(H2,21,22,23,24). The first-order valence-electron chi connectivity index (χ1n) is 8.18. The van der Waals surface area contributed by atoms with Crippen molar-refractivity contribution in [2.24, 2.45) is 0 Å². The van der Waals surface area contributed by atoms with Gasteiger partial charge in [0.1, 0.15) is 5.82 Å². The van der Waals surface area contributed by atoms with Crippen LogP contribution in [-0.4, -0.2) is 9.97 Å². The second kappa shape index (κ2) is 7.13. The van der Waals surface area contributed by atoms with Crippen LogP contribution < -0.4 is 10.6 Å². The highest BCUT2D eigenvalue weighted by Gasteiger charge is 2.05. The van der Waals surface area contributed by atoms with Crippen LogP contribution in [0.3, 0.4) is 0 Å². The summed E-state index contributed by atoms with van der Waals surface area (Å²) in [5.74, 6) is 1.37. The summed E-state index contributed by atoms with van der Waals surface area (Å²) in [6, 6.07) is 18.5. The second-order valence-electron chi connectivity index (χ2n) is 5.83. The average Bonchev–Trinajstić information content (AvgIpc) is 2.57. The Bertz CT molecular complexity index is 825. The minimum atomic E-state index is 0.594. The van der Waals surface area contributed by atoms with Crippen LogP contribution in [-0.2, 0) is 6.42 Å². The molecule has 0 saturated carbocycles. The van der Waals surface area contributed by atoms with Gasteiger partial charge in [0.2, 0.25) is 5.95 Å². The van der Waals surface area contributed by atoms with Gasteiger partial charge in [0.25, 0.3) is 0 Å². The topological polar surface area (TPSA) is 49.8 Å². The highest BCUT2D eigenvalue weighted by molar-refractivity contribution is 5.62. The monoisotopic (exact) mass is 318 g/mol. The SMILES string of the molecule is CCc1ccc(Nc2cc(C)nc(Nc3ccccc3C)n2)cc1. The number of benzene rings is 2. The van der Waals surface area contributed by atoms with E-state index in [1.165, 1.54) is 5.56 Å². The zero-order valence-electron chi connectivity index (χ0n) is 14.3. The quantitative estimate of drug-likeness (QED) is 0.683. The fraction of sp³-hybridized carbons (Fsp3) is 0.200. The van der Waals surface area contributed by atoms with Gasteiger partial charge in [-0.2, -0.15) is 4.98 Å². The minimum absolute atomic E-state index is 0.594. The first-order valence-corrected chi connectivity index (χ1v) is 8.18. The number of anilines is 4. The molecule has 0 amide bonds. The van der Waals surface area contributed by atoms with Gasteiger partial charge < -0.3 is 10.6 Å². The molecule has 2 N–H and O–H groups in total. The van der Waals surface area contributed by atoms with Crippen molar-refractivity contribution in [2.75, 3.05) is 10.6 Å². The van der Waals surface area contributed by atoms with Crippen LogP contribution in [0.15, 0.2) is 54.6 Å². The van der Waals surface area contributed by atoms with Gasteiger partial charge >= 0.3 is 0 Å². The summed E-state index contributed by atoms with van der Waals surface area (Å²) in [7, 11) is 0. The number of nitrogens with one attached hydrogen (secondary N) is 2. The molecule has 0 saturated heterocycles. The van der Waals surface area contributed by atoms with E-state index < -0.39 is 0 Å². The van der Waals surface area contributed by atoms with Crippen LogP contribution in [0.1, 0.15) is 23.7 Å². The zero-order valence-corrected chi connectivity index (χ0v) is 14.3. The lowest BCUT2D eigenvalue weighted by molar-refractivity contribution is 1.10. The summed E-state index contributed by atoms with van der Waals surface area (Å²) >= 11 is 0. The third-order valence-corrected chi connectivity index (χ3v) is 3.88. The number of hydrogen-bond donors (Lipinski definition) is 2. The van der Waals surface area contributed by atoms with Crippen molar-refractivity contribution < 1.29 is 0 Å². The maximum atomic E-state index is 4.57. The molecule has 3 aromatic rings. The molecule has 0 spiro atoms. The number of hydrogen-bond acceptors (Lipinski definition) is 4. The van der Waals surface area contributed by atoms with Crippen LogP contribution in [0, 0.1) is 13.8 Å². The van der Waals surface area contributed by atoms with Gasteiger partial charge in [0.05, 0.1) is 0 Å². The summed E-state index contributed by atoms with van der Waals surface area (Å²) in [6.45, 7) is 6.18. The molecule has 24 heavy (non-hydrogen) atoms. The van der Waals surface area contributed by atoms with Crippen molar-refractivity contribution in [1.82, 2.24) is 9.97 Å². The van der Waals surface area contributed by atoms with Crippen molar-refractivity contribution >= 4 is 23.1 Å². The lowest BCUT2D eigenvalue weighted by atomic mass is 10.1. The maximum Gasteiger partial charge on any atom is 0.229 e. The molecule has 1 heterocycles. The molecule has 122 valence electrons. The van der Waals surface area contributed by atoms with Crippen LogP contribution in [0.25, 0.3) is 0 Å². The molecule has 4 nitrogen and oxygen atoms in total. The predicted octanol–water partition coefficient (Wildman–Crippen LogP) is 5.14. The molecule has 2 aromatic carbocycles. The Morgan fingerprint density at radius 2 is 1.62 bits per heavy atom. The highest BCUT2D eigenvalue weighted by atomic mass is 15.1. The zero-order chi connectivity index (χ0) is 16.9. The van der Waals surface area contributed by atoms with E-state index in [1.54, 1.807) is 0 Å². The van der Waals surface area contributed by atoms with E-state index in [2.05, 4.69) is 64.8 Å². The molecule has 0 fully saturated rings. The van der Waals surface area contributed by atoms with Crippen molar-refractivity contribution in [2.45, 2.75) is 27.2 Å². The number of aromatic nitrogens is 2. The Labute approximate surface area is 143 Å². The molecule has 0 aliphatic rings. The van der Waals surface area contributed by atoms with Gasteiger partial charge in [-0.05, 0) is 49.6 Å². The summed E-state index contributed by atoms with van der Waals surface area (Å²) in [5, 5.41) is 6.64. The maximum absolute atomic E-state index is 4.57. The average molecular weight is 318 g/mol. The van der Waals surface area contributed by atoms with Crippen LogP contribution in [0.2, 0.25) is 0 Å².